The Bertz CT molecular complexity index is 1190. The maximum atomic E-state index is 12.1. The second-order valence-electron chi connectivity index (χ2n) is 8.52. The van der Waals surface area contributed by atoms with Crippen LogP contribution in [0.2, 0.25) is 0 Å². The fourth-order valence-corrected chi connectivity index (χ4v) is 4.22. The molecule has 1 saturated heterocycles. The molecule has 0 aliphatic carbocycles. The molecule has 0 radical (unpaired) electrons. The van der Waals surface area contributed by atoms with E-state index in [4.69, 9.17) is 10.9 Å². The molecule has 4 N–H and O–H groups in total. The average molecular weight is 472 g/mol. The Kier molecular flexibility index (Phi) is 7.87. The zero-order valence-corrected chi connectivity index (χ0v) is 19.4. The molecule has 1 aliphatic heterocycles. The fraction of sp³-hybridized carbons (Fsp3) is 0.222. The first-order chi connectivity index (χ1) is 17.0. The number of hydrogen-bond acceptors (Lipinski definition) is 6. The van der Waals surface area contributed by atoms with Crippen molar-refractivity contribution < 1.29 is 14.8 Å². The Morgan fingerprint density at radius 3 is 2.46 bits per heavy atom. The normalized spacial score (nSPS) is 14.3. The van der Waals surface area contributed by atoms with Crippen molar-refractivity contribution in [3.8, 4) is 0 Å². The zero-order valence-electron chi connectivity index (χ0n) is 19.4. The van der Waals surface area contributed by atoms with Crippen LogP contribution in [0.3, 0.4) is 0 Å². The third kappa shape index (κ3) is 6.53. The van der Waals surface area contributed by atoms with Gasteiger partial charge in [-0.1, -0.05) is 30.3 Å². The summed E-state index contributed by atoms with van der Waals surface area (Å²) in [6.45, 7) is 4.51. The highest BCUT2D eigenvalue weighted by Gasteiger charge is 2.19. The van der Waals surface area contributed by atoms with Crippen molar-refractivity contribution in [1.82, 2.24) is 15.4 Å². The molecule has 0 spiro atoms. The van der Waals surface area contributed by atoms with Crippen LogP contribution in [0.1, 0.15) is 32.7 Å². The van der Waals surface area contributed by atoms with Gasteiger partial charge in [-0.15, -0.1) is 0 Å². The average Bonchev–Trinajstić information content (AvgIpc) is 2.89. The summed E-state index contributed by atoms with van der Waals surface area (Å²) < 4.78 is 0. The molecule has 35 heavy (non-hydrogen) atoms. The van der Waals surface area contributed by atoms with Gasteiger partial charge < -0.3 is 10.6 Å². The topological polar surface area (TPSA) is 112 Å². The number of hydrogen-bond donors (Lipinski definition) is 3. The van der Waals surface area contributed by atoms with Gasteiger partial charge in [-0.25, -0.2) is 5.48 Å². The number of pyridine rings is 1. The summed E-state index contributed by atoms with van der Waals surface area (Å²) >= 11 is 0. The molecular formula is C27H29N5O3. The lowest BCUT2D eigenvalue weighted by atomic mass is 9.97. The van der Waals surface area contributed by atoms with Crippen molar-refractivity contribution in [1.29, 1.82) is 0 Å². The lowest BCUT2D eigenvalue weighted by Crippen LogP contribution is -2.46. The number of nitrogens with two attached hydrogens (primary N) is 1. The first kappa shape index (κ1) is 24.1. The van der Waals surface area contributed by atoms with Crippen LogP contribution in [-0.4, -0.2) is 53.1 Å². The van der Waals surface area contributed by atoms with E-state index in [1.54, 1.807) is 11.6 Å². The number of amides is 2. The Labute approximate surface area is 204 Å². The van der Waals surface area contributed by atoms with Crippen molar-refractivity contribution in [3.63, 3.8) is 0 Å². The molecule has 0 atom stereocenters. The maximum Gasteiger partial charge on any atom is 0.267 e. The van der Waals surface area contributed by atoms with Gasteiger partial charge in [0.2, 0.25) is 5.91 Å². The van der Waals surface area contributed by atoms with Crippen molar-refractivity contribution in [2.75, 3.05) is 31.1 Å². The lowest BCUT2D eigenvalue weighted by Gasteiger charge is -2.36. The summed E-state index contributed by atoms with van der Waals surface area (Å²) in [5, 5.41) is 8.58. The summed E-state index contributed by atoms with van der Waals surface area (Å²) in [5.41, 5.74) is 12.6. The largest absolute Gasteiger partial charge is 0.369 e. The quantitative estimate of drug-likeness (QED) is 0.265. The number of carbonyl (C=O) groups is 2. The van der Waals surface area contributed by atoms with Crippen molar-refractivity contribution in [2.45, 2.75) is 13.0 Å². The number of nitrogens with one attached hydrogen (secondary N) is 1. The molecule has 1 aliphatic rings. The number of anilines is 1. The predicted octanol–water partition coefficient (Wildman–Crippen LogP) is 2.61. The van der Waals surface area contributed by atoms with Gasteiger partial charge in [0.15, 0.2) is 0 Å². The third-order valence-corrected chi connectivity index (χ3v) is 6.12. The molecule has 3 aromatic rings. The van der Waals surface area contributed by atoms with Gasteiger partial charge in [-0.3, -0.25) is 24.7 Å². The lowest BCUT2D eigenvalue weighted by molar-refractivity contribution is -0.124. The smallest absolute Gasteiger partial charge is 0.267 e. The summed E-state index contributed by atoms with van der Waals surface area (Å²) in [7, 11) is 0. The van der Waals surface area contributed by atoms with E-state index in [2.05, 4.69) is 26.9 Å². The van der Waals surface area contributed by atoms with Crippen LogP contribution in [-0.2, 0) is 17.8 Å². The van der Waals surface area contributed by atoms with E-state index in [-0.39, 0.29) is 0 Å². The van der Waals surface area contributed by atoms with Gasteiger partial charge in [0, 0.05) is 56.2 Å². The number of primary amides is 1. The molecule has 180 valence electrons. The van der Waals surface area contributed by atoms with E-state index in [1.165, 1.54) is 6.08 Å². The van der Waals surface area contributed by atoms with Crippen LogP contribution in [0, 0.1) is 0 Å². The van der Waals surface area contributed by atoms with Crippen molar-refractivity contribution in [3.05, 3.63) is 101 Å². The van der Waals surface area contributed by atoms with E-state index >= 15 is 0 Å². The number of rotatable bonds is 8. The Morgan fingerprint density at radius 2 is 1.80 bits per heavy atom. The van der Waals surface area contributed by atoms with Gasteiger partial charge >= 0.3 is 0 Å². The Hall–Kier alpha value is -4.01. The van der Waals surface area contributed by atoms with E-state index in [9.17, 15) is 9.59 Å². The highest BCUT2D eigenvalue weighted by atomic mass is 16.5. The highest BCUT2D eigenvalue weighted by molar-refractivity contribution is 5.95. The monoisotopic (exact) mass is 471 g/mol. The Balaban J connectivity index is 1.44. The van der Waals surface area contributed by atoms with E-state index < -0.39 is 11.8 Å². The predicted molar refractivity (Wildman–Crippen MR) is 135 cm³/mol. The van der Waals surface area contributed by atoms with Crippen LogP contribution < -0.4 is 16.1 Å². The summed E-state index contributed by atoms with van der Waals surface area (Å²) in [6, 6.07) is 19.5. The molecule has 1 fully saturated rings. The second kappa shape index (κ2) is 11.4. The van der Waals surface area contributed by atoms with Gasteiger partial charge in [0.05, 0.1) is 5.69 Å². The number of carbonyl (C=O) groups excluding carboxylic acids is 2. The van der Waals surface area contributed by atoms with E-state index in [0.29, 0.717) is 12.0 Å². The van der Waals surface area contributed by atoms with Crippen LogP contribution in [0.15, 0.2) is 72.9 Å². The molecule has 0 bridgehead atoms. The number of hydroxylamine groups is 1. The number of benzene rings is 2. The number of piperazine rings is 1. The van der Waals surface area contributed by atoms with Crippen LogP contribution in [0.5, 0.6) is 0 Å². The second-order valence-corrected chi connectivity index (χ2v) is 8.52. The number of nitrogens with zero attached hydrogens (tertiary/aromatic N) is 3. The minimum absolute atomic E-state index is 0.443. The van der Waals surface area contributed by atoms with Gasteiger partial charge in [0.25, 0.3) is 5.91 Å². The molecule has 0 saturated carbocycles. The molecule has 8 nitrogen and oxygen atoms in total. The molecule has 2 heterocycles. The summed E-state index contributed by atoms with van der Waals surface area (Å²) in [5.74, 6) is -1.03. The standard InChI is InChI=1S/C27H29N5O3/c28-27(34)25-10-9-24(32-15-13-31(14-16-32)19-23-3-1-2-12-29-23)18-22(25)17-21-6-4-20(5-7-21)8-11-26(33)30-35/h1-12,18,35H,13-17,19H2,(H2,28,34)(H,30,33). The van der Waals surface area contributed by atoms with Crippen LogP contribution in [0.25, 0.3) is 6.08 Å². The van der Waals surface area contributed by atoms with Gasteiger partial charge in [-0.2, -0.15) is 0 Å². The van der Waals surface area contributed by atoms with Gasteiger partial charge in [-0.05, 0) is 59.5 Å². The third-order valence-electron chi connectivity index (χ3n) is 6.12. The minimum atomic E-state index is -0.588. The zero-order chi connectivity index (χ0) is 24.6. The molecule has 2 aromatic carbocycles. The van der Waals surface area contributed by atoms with E-state index in [0.717, 1.165) is 60.8 Å². The first-order valence-electron chi connectivity index (χ1n) is 11.5. The van der Waals surface area contributed by atoms with Crippen LogP contribution >= 0.6 is 0 Å². The Morgan fingerprint density at radius 1 is 1.03 bits per heavy atom. The first-order valence-corrected chi connectivity index (χ1v) is 11.5. The highest BCUT2D eigenvalue weighted by Crippen LogP contribution is 2.24. The SMILES string of the molecule is NC(=O)c1ccc(N2CCN(Cc3ccccn3)CC2)cc1Cc1ccc(C=CC(=O)NO)cc1. The van der Waals surface area contributed by atoms with Crippen LogP contribution in [0.4, 0.5) is 5.69 Å². The molecule has 4 rings (SSSR count). The molecule has 1 aromatic heterocycles. The molecule has 2 amide bonds. The van der Waals surface area contributed by atoms with E-state index in [1.807, 2.05) is 54.7 Å². The maximum absolute atomic E-state index is 12.1. The molecule has 8 heteroatoms. The van der Waals surface area contributed by atoms with Crippen molar-refractivity contribution >= 4 is 23.6 Å². The van der Waals surface area contributed by atoms with Gasteiger partial charge in [0.1, 0.15) is 0 Å². The number of aromatic nitrogens is 1. The molecular weight excluding hydrogens is 442 g/mol. The summed E-state index contributed by atoms with van der Waals surface area (Å²) in [4.78, 5) is 32.4. The minimum Gasteiger partial charge on any atom is -0.369 e. The molecule has 0 unspecified atom stereocenters. The van der Waals surface area contributed by atoms with Crippen molar-refractivity contribution in [2.24, 2.45) is 5.73 Å². The fourth-order valence-electron chi connectivity index (χ4n) is 4.22. The summed E-state index contributed by atoms with van der Waals surface area (Å²) in [6.07, 6.45) is 5.25.